The number of aryl methyl sites for hydroxylation is 1. The summed E-state index contributed by atoms with van der Waals surface area (Å²) in [5, 5.41) is 5.20. The van der Waals surface area contributed by atoms with E-state index in [0.717, 1.165) is 24.4 Å². The van der Waals surface area contributed by atoms with E-state index >= 15 is 0 Å². The minimum absolute atomic E-state index is 0.428. The van der Waals surface area contributed by atoms with Crippen molar-refractivity contribution in [2.45, 2.75) is 40.2 Å². The summed E-state index contributed by atoms with van der Waals surface area (Å²) in [5.74, 6) is 1.44. The van der Waals surface area contributed by atoms with Crippen molar-refractivity contribution in [1.82, 2.24) is 5.32 Å². The molecule has 1 heterocycles. The van der Waals surface area contributed by atoms with Crippen LogP contribution >= 0.6 is 11.6 Å². The second-order valence-corrected chi connectivity index (χ2v) is 5.35. The molecule has 2 rings (SSSR count). The number of benzene rings is 1. The molecule has 0 spiro atoms. The first-order valence-corrected chi connectivity index (χ1v) is 6.85. The monoisotopic (exact) mass is 265 g/mol. The highest BCUT2D eigenvalue weighted by Gasteiger charge is 2.19. The molecule has 0 aliphatic heterocycles. The van der Waals surface area contributed by atoms with Gasteiger partial charge in [0.15, 0.2) is 5.58 Å². The normalized spacial score (nSPS) is 11.7. The predicted molar refractivity (Wildman–Crippen MR) is 77.4 cm³/mol. The maximum Gasteiger partial charge on any atom is 0.153 e. The van der Waals surface area contributed by atoms with E-state index < -0.39 is 0 Å². The van der Waals surface area contributed by atoms with E-state index in [9.17, 15) is 0 Å². The van der Waals surface area contributed by atoms with E-state index in [1.165, 1.54) is 16.5 Å². The maximum atomic E-state index is 6.24. The fourth-order valence-electron chi connectivity index (χ4n) is 2.39. The molecule has 0 amide bonds. The van der Waals surface area contributed by atoms with Crippen LogP contribution in [-0.2, 0) is 6.54 Å². The number of nitrogens with one attached hydrogen (secondary N) is 1. The Bertz CT molecular complexity index is 557. The standard InChI is InChI=1S/C15H20ClNO/c1-5-17-8-12-13(9(2)3)14-10(4)6-7-11(16)15(14)18-12/h6-7,9,17H,5,8H2,1-4H3. The number of furan rings is 1. The smallest absolute Gasteiger partial charge is 0.153 e. The van der Waals surface area contributed by atoms with E-state index in [1.807, 2.05) is 6.07 Å². The van der Waals surface area contributed by atoms with E-state index in [2.05, 4.69) is 39.1 Å². The largest absolute Gasteiger partial charge is 0.458 e. The van der Waals surface area contributed by atoms with Gasteiger partial charge in [-0.15, -0.1) is 0 Å². The van der Waals surface area contributed by atoms with Crippen LogP contribution in [0, 0.1) is 6.92 Å². The second kappa shape index (κ2) is 5.33. The quantitative estimate of drug-likeness (QED) is 0.872. The van der Waals surface area contributed by atoms with Crippen LogP contribution in [0.25, 0.3) is 11.0 Å². The summed E-state index contributed by atoms with van der Waals surface area (Å²) in [4.78, 5) is 0. The van der Waals surface area contributed by atoms with Gasteiger partial charge in [0.25, 0.3) is 0 Å². The Labute approximate surface area is 113 Å². The molecule has 1 N–H and O–H groups in total. The summed E-state index contributed by atoms with van der Waals surface area (Å²) in [6.45, 7) is 10.3. The molecule has 0 saturated carbocycles. The van der Waals surface area contributed by atoms with Gasteiger partial charge in [-0.1, -0.05) is 38.4 Å². The minimum Gasteiger partial charge on any atom is -0.458 e. The molecule has 0 aliphatic rings. The van der Waals surface area contributed by atoms with Gasteiger partial charge in [0.2, 0.25) is 0 Å². The maximum absolute atomic E-state index is 6.24. The highest BCUT2D eigenvalue weighted by atomic mass is 35.5. The van der Waals surface area contributed by atoms with Crippen LogP contribution in [0.4, 0.5) is 0 Å². The van der Waals surface area contributed by atoms with E-state index in [4.69, 9.17) is 16.0 Å². The fourth-order valence-corrected chi connectivity index (χ4v) is 2.58. The molecule has 1 aromatic heterocycles. The van der Waals surface area contributed by atoms with Gasteiger partial charge < -0.3 is 9.73 Å². The van der Waals surface area contributed by atoms with Gasteiger partial charge in [-0.3, -0.25) is 0 Å². The number of halogens is 1. The van der Waals surface area contributed by atoms with E-state index in [0.29, 0.717) is 10.9 Å². The van der Waals surface area contributed by atoms with Crippen molar-refractivity contribution >= 4 is 22.6 Å². The third-order valence-corrected chi connectivity index (χ3v) is 3.52. The Morgan fingerprint density at radius 1 is 1.33 bits per heavy atom. The minimum atomic E-state index is 0.428. The first-order valence-electron chi connectivity index (χ1n) is 6.47. The van der Waals surface area contributed by atoms with Crippen LogP contribution in [0.3, 0.4) is 0 Å². The lowest BCUT2D eigenvalue weighted by Gasteiger charge is -2.08. The molecule has 0 atom stereocenters. The molecule has 2 nitrogen and oxygen atoms in total. The average molecular weight is 266 g/mol. The van der Waals surface area contributed by atoms with Crippen LogP contribution in [-0.4, -0.2) is 6.54 Å². The molecule has 18 heavy (non-hydrogen) atoms. The Morgan fingerprint density at radius 2 is 2.06 bits per heavy atom. The molecule has 98 valence electrons. The molecular formula is C15H20ClNO. The molecule has 2 aromatic rings. The molecule has 3 heteroatoms. The lowest BCUT2D eigenvalue weighted by atomic mass is 9.96. The van der Waals surface area contributed by atoms with Crippen molar-refractivity contribution < 1.29 is 4.42 Å². The van der Waals surface area contributed by atoms with Gasteiger partial charge in [-0.05, 0) is 31.0 Å². The van der Waals surface area contributed by atoms with Gasteiger partial charge in [0.1, 0.15) is 5.76 Å². The summed E-state index contributed by atoms with van der Waals surface area (Å²) >= 11 is 6.24. The number of hydrogen-bond acceptors (Lipinski definition) is 2. The third-order valence-electron chi connectivity index (χ3n) is 3.23. The lowest BCUT2D eigenvalue weighted by molar-refractivity contribution is 0.510. The number of hydrogen-bond donors (Lipinski definition) is 1. The molecule has 0 saturated heterocycles. The molecule has 0 unspecified atom stereocenters. The zero-order valence-electron chi connectivity index (χ0n) is 11.4. The van der Waals surface area contributed by atoms with Gasteiger partial charge in [-0.25, -0.2) is 0 Å². The SMILES string of the molecule is CCNCc1oc2c(Cl)ccc(C)c2c1C(C)C. The van der Waals surface area contributed by atoms with Gasteiger partial charge >= 0.3 is 0 Å². The van der Waals surface area contributed by atoms with Crippen molar-refractivity contribution in [3.05, 3.63) is 34.0 Å². The van der Waals surface area contributed by atoms with Crippen molar-refractivity contribution in [2.75, 3.05) is 6.54 Å². The van der Waals surface area contributed by atoms with Crippen molar-refractivity contribution in [1.29, 1.82) is 0 Å². The number of fused-ring (bicyclic) bond motifs is 1. The van der Waals surface area contributed by atoms with Crippen LogP contribution in [0.1, 0.15) is 43.6 Å². The van der Waals surface area contributed by atoms with Crippen LogP contribution in [0.5, 0.6) is 0 Å². The van der Waals surface area contributed by atoms with E-state index in [-0.39, 0.29) is 0 Å². The third kappa shape index (κ3) is 2.27. The van der Waals surface area contributed by atoms with Crippen LogP contribution < -0.4 is 5.32 Å². The Kier molecular flexibility index (Phi) is 3.98. The van der Waals surface area contributed by atoms with E-state index in [1.54, 1.807) is 0 Å². The van der Waals surface area contributed by atoms with Crippen molar-refractivity contribution in [2.24, 2.45) is 0 Å². The summed E-state index contributed by atoms with van der Waals surface area (Å²) in [7, 11) is 0. The van der Waals surface area contributed by atoms with Gasteiger partial charge in [0, 0.05) is 10.9 Å². The zero-order valence-corrected chi connectivity index (χ0v) is 12.2. The predicted octanol–water partition coefficient (Wildman–Crippen LogP) is 4.63. The second-order valence-electron chi connectivity index (χ2n) is 4.94. The fraction of sp³-hybridized carbons (Fsp3) is 0.467. The van der Waals surface area contributed by atoms with Crippen LogP contribution in [0.2, 0.25) is 5.02 Å². The first-order chi connectivity index (χ1) is 8.56. The Hall–Kier alpha value is -0.990. The zero-order chi connectivity index (χ0) is 13.3. The van der Waals surface area contributed by atoms with Crippen molar-refractivity contribution in [3.8, 4) is 0 Å². The highest BCUT2D eigenvalue weighted by molar-refractivity contribution is 6.35. The average Bonchev–Trinajstić information content (AvgIpc) is 2.72. The molecule has 0 bridgehead atoms. The Morgan fingerprint density at radius 3 is 2.67 bits per heavy atom. The first kappa shape index (κ1) is 13.4. The molecule has 0 fully saturated rings. The van der Waals surface area contributed by atoms with Gasteiger partial charge in [-0.2, -0.15) is 0 Å². The molecule has 0 aliphatic carbocycles. The Balaban J connectivity index is 2.67. The lowest BCUT2D eigenvalue weighted by Crippen LogP contribution is -2.12. The summed E-state index contributed by atoms with van der Waals surface area (Å²) in [6.07, 6.45) is 0. The molecular weight excluding hydrogens is 246 g/mol. The van der Waals surface area contributed by atoms with Crippen molar-refractivity contribution in [3.63, 3.8) is 0 Å². The summed E-state index contributed by atoms with van der Waals surface area (Å²) in [6, 6.07) is 3.97. The highest BCUT2D eigenvalue weighted by Crippen LogP contribution is 2.37. The van der Waals surface area contributed by atoms with Gasteiger partial charge in [0.05, 0.1) is 11.6 Å². The summed E-state index contributed by atoms with van der Waals surface area (Å²) in [5.41, 5.74) is 3.34. The topological polar surface area (TPSA) is 25.2 Å². The summed E-state index contributed by atoms with van der Waals surface area (Å²) < 4.78 is 5.98. The number of rotatable bonds is 4. The molecule has 1 aromatic carbocycles. The molecule has 0 radical (unpaired) electrons. The van der Waals surface area contributed by atoms with Crippen LogP contribution in [0.15, 0.2) is 16.5 Å².